The first-order chi connectivity index (χ1) is 18.9. The molecule has 5 nitrogen and oxygen atoms in total. The van der Waals surface area contributed by atoms with Gasteiger partial charge in [0.15, 0.2) is 0 Å². The van der Waals surface area contributed by atoms with Crippen LogP contribution >= 0.6 is 0 Å². The van der Waals surface area contributed by atoms with Gasteiger partial charge >= 0.3 is 6.36 Å². The Hall–Kier alpha value is -2.00. The fourth-order valence-electron chi connectivity index (χ4n) is 8.25. The van der Waals surface area contributed by atoms with Crippen LogP contribution in [0.5, 0.6) is 5.75 Å². The van der Waals surface area contributed by atoms with Gasteiger partial charge in [-0.15, -0.1) is 13.2 Å². The van der Waals surface area contributed by atoms with Crippen LogP contribution in [0.3, 0.4) is 0 Å². The predicted molar refractivity (Wildman–Crippen MR) is 141 cm³/mol. The molecule has 3 fully saturated rings. The summed E-state index contributed by atoms with van der Waals surface area (Å²) < 4.78 is 44.0. The number of piperidine rings is 1. The minimum absolute atomic E-state index is 0. The van der Waals surface area contributed by atoms with Crippen molar-refractivity contribution in [3.8, 4) is 5.75 Å². The number of nitrogens with two attached hydrogens (primary N) is 2. The Balaban J connectivity index is 0.00000194. The lowest BCUT2D eigenvalue weighted by Crippen LogP contribution is -3.00. The zero-order valence-electron chi connectivity index (χ0n) is 23.2. The van der Waals surface area contributed by atoms with E-state index in [0.717, 1.165) is 24.9 Å². The summed E-state index contributed by atoms with van der Waals surface area (Å²) >= 11 is 0. The van der Waals surface area contributed by atoms with Gasteiger partial charge in [0.1, 0.15) is 23.6 Å². The third kappa shape index (κ3) is 6.36. The lowest BCUT2D eigenvalue weighted by atomic mass is 9.67. The number of rotatable bonds is 4. The molecule has 226 valence electrons. The van der Waals surface area contributed by atoms with E-state index in [1.165, 1.54) is 43.7 Å². The quantitative estimate of drug-likeness (QED) is 0.399. The maximum atomic E-state index is 14.6. The summed E-state index contributed by atoms with van der Waals surface area (Å²) in [6, 6.07) is 15.9. The molecule has 2 aromatic carbocycles. The second-order valence-corrected chi connectivity index (χ2v) is 12.1. The molecule has 1 saturated carbocycles. The van der Waals surface area contributed by atoms with Gasteiger partial charge < -0.3 is 45.1 Å². The average molecular weight is 615 g/mol. The molecule has 1 amide bonds. The van der Waals surface area contributed by atoms with E-state index in [-0.39, 0.29) is 48.4 Å². The molecule has 4 N–H and O–H groups in total. The highest BCUT2D eigenvalue weighted by Crippen LogP contribution is 2.44. The van der Waals surface area contributed by atoms with Crippen LogP contribution in [0.25, 0.3) is 0 Å². The van der Waals surface area contributed by atoms with Crippen molar-refractivity contribution in [2.75, 3.05) is 26.2 Å². The van der Waals surface area contributed by atoms with Crippen molar-refractivity contribution in [2.45, 2.75) is 75.2 Å². The number of carbonyl (C=O) groups is 1. The summed E-state index contributed by atoms with van der Waals surface area (Å²) in [6.07, 6.45) is 3.28. The van der Waals surface area contributed by atoms with Crippen LogP contribution in [-0.4, -0.2) is 49.4 Å². The first kappa shape index (κ1) is 31.9. The highest BCUT2D eigenvalue weighted by Gasteiger charge is 2.57. The van der Waals surface area contributed by atoms with Crippen LogP contribution in [-0.2, 0) is 16.8 Å². The Labute approximate surface area is 252 Å². The van der Waals surface area contributed by atoms with Crippen molar-refractivity contribution in [3.05, 3.63) is 65.2 Å². The Bertz CT molecular complexity index is 1180. The largest absolute Gasteiger partial charge is 1.00 e. The first-order valence-electron chi connectivity index (χ1n) is 14.7. The second kappa shape index (κ2) is 13.1. The molecule has 0 unspecified atom stereocenters. The number of hydrogen-bond donors (Lipinski definition) is 2. The summed E-state index contributed by atoms with van der Waals surface area (Å²) in [6.45, 7) is 3.26. The molecule has 4 aliphatic rings. The zero-order chi connectivity index (χ0) is 27.0. The van der Waals surface area contributed by atoms with Gasteiger partial charge in [0.2, 0.25) is 5.91 Å². The first-order valence-corrected chi connectivity index (χ1v) is 14.7. The van der Waals surface area contributed by atoms with Gasteiger partial charge in [0.25, 0.3) is 0 Å². The molecular formula is C31H40Cl2F3N3O2. The molecule has 2 aromatic rings. The molecule has 0 radical (unpaired) electrons. The van der Waals surface area contributed by atoms with Crippen molar-refractivity contribution in [1.82, 2.24) is 4.90 Å². The van der Waals surface area contributed by atoms with Gasteiger partial charge in [-0.25, -0.2) is 0 Å². The molecule has 3 aliphatic heterocycles. The number of amides is 1. The molecule has 0 aromatic heterocycles. The minimum Gasteiger partial charge on any atom is -1.00 e. The molecule has 41 heavy (non-hydrogen) atoms. The number of ether oxygens (including phenoxy) is 1. The smallest absolute Gasteiger partial charge is 0.573 e. The Morgan fingerprint density at radius 2 is 1.66 bits per heavy atom. The van der Waals surface area contributed by atoms with Gasteiger partial charge in [-0.05, 0) is 54.7 Å². The highest BCUT2D eigenvalue weighted by atomic mass is 35.5. The Morgan fingerprint density at radius 3 is 2.39 bits per heavy atom. The summed E-state index contributed by atoms with van der Waals surface area (Å²) in [4.78, 5) is 16.8. The fourth-order valence-corrected chi connectivity index (χ4v) is 8.25. The summed E-state index contributed by atoms with van der Waals surface area (Å²) in [5.74, 6) is 0.796. The number of carbonyl (C=O) groups excluding carboxylic acids is 1. The number of likely N-dealkylation sites (tertiary alicyclic amines) is 1. The molecule has 1 spiro atoms. The summed E-state index contributed by atoms with van der Waals surface area (Å²) in [5, 5.41) is 4.25. The second-order valence-electron chi connectivity index (χ2n) is 12.1. The number of quaternary nitrogens is 2. The van der Waals surface area contributed by atoms with Crippen molar-refractivity contribution in [2.24, 2.45) is 11.8 Å². The lowest BCUT2D eigenvalue weighted by Gasteiger charge is -2.47. The zero-order valence-corrected chi connectivity index (χ0v) is 24.7. The summed E-state index contributed by atoms with van der Waals surface area (Å²) in [7, 11) is 0. The van der Waals surface area contributed by atoms with E-state index >= 15 is 0 Å². The number of benzene rings is 2. The van der Waals surface area contributed by atoms with E-state index in [1.807, 2.05) is 6.07 Å². The molecule has 3 heterocycles. The number of alkyl halides is 3. The molecule has 10 heteroatoms. The van der Waals surface area contributed by atoms with Crippen LogP contribution in [0.2, 0.25) is 0 Å². The minimum atomic E-state index is -4.74. The lowest BCUT2D eigenvalue weighted by molar-refractivity contribution is -0.691. The van der Waals surface area contributed by atoms with Gasteiger partial charge in [-0.1, -0.05) is 61.7 Å². The topological polar surface area (TPSA) is 62.8 Å². The maximum Gasteiger partial charge on any atom is 0.573 e. The third-order valence-electron chi connectivity index (χ3n) is 10.0. The van der Waals surface area contributed by atoms with Gasteiger partial charge in [-0.2, -0.15) is 0 Å². The van der Waals surface area contributed by atoms with Crippen LogP contribution < -0.4 is 40.2 Å². The SMILES string of the molecule is O=C([C@@H]1C[NH2+]C[C@]12C[NH2+]Cc1c(OC(F)(F)F)cccc12)N1CC[C@@H](c2ccccc2)C[C@H]1C1CCCCC1.[Cl-].[Cl-]. The summed E-state index contributed by atoms with van der Waals surface area (Å²) in [5.41, 5.74) is 2.32. The van der Waals surface area contributed by atoms with Crippen molar-refractivity contribution in [1.29, 1.82) is 0 Å². The van der Waals surface area contributed by atoms with E-state index in [0.29, 0.717) is 43.6 Å². The number of nitrogens with zero attached hydrogens (tertiary/aromatic N) is 1. The molecule has 6 rings (SSSR count). The van der Waals surface area contributed by atoms with E-state index in [1.54, 1.807) is 6.07 Å². The van der Waals surface area contributed by atoms with Crippen LogP contribution in [0.4, 0.5) is 13.2 Å². The Kier molecular flexibility index (Phi) is 10.2. The van der Waals surface area contributed by atoms with Gasteiger partial charge in [-0.3, -0.25) is 4.79 Å². The van der Waals surface area contributed by atoms with Crippen LogP contribution in [0.1, 0.15) is 67.6 Å². The van der Waals surface area contributed by atoms with E-state index in [2.05, 4.69) is 50.6 Å². The van der Waals surface area contributed by atoms with Crippen molar-refractivity contribution >= 4 is 5.91 Å². The molecular weight excluding hydrogens is 574 g/mol. The fraction of sp³-hybridized carbons (Fsp3) is 0.581. The standard InChI is InChI=1S/C31H38F3N3O2.2ClH/c32-31(33,34)39-28-13-7-12-25-24(28)17-35-19-30(25)20-36-18-26(30)29(38)37-15-14-23(21-8-3-1-4-9-21)16-27(37)22-10-5-2-6-11-22;;/h1,3-4,7-9,12-13,22-23,26-27,35-36H,2,5-6,10-11,14-20H2;2*1H/t23-,26+,27+,30+;;/m1../s1. The number of hydrogen-bond acceptors (Lipinski definition) is 2. The van der Waals surface area contributed by atoms with E-state index in [4.69, 9.17) is 0 Å². The highest BCUT2D eigenvalue weighted by molar-refractivity contribution is 5.82. The molecule has 0 bridgehead atoms. The van der Waals surface area contributed by atoms with Crippen LogP contribution in [0, 0.1) is 11.8 Å². The number of fused-ring (bicyclic) bond motifs is 2. The molecule has 4 atom stereocenters. The van der Waals surface area contributed by atoms with Gasteiger partial charge in [0, 0.05) is 12.6 Å². The van der Waals surface area contributed by atoms with Gasteiger partial charge in [0.05, 0.1) is 25.2 Å². The Morgan fingerprint density at radius 1 is 0.927 bits per heavy atom. The average Bonchev–Trinajstić information content (AvgIpc) is 3.37. The third-order valence-corrected chi connectivity index (χ3v) is 10.0. The number of halogens is 5. The monoisotopic (exact) mass is 613 g/mol. The van der Waals surface area contributed by atoms with E-state index < -0.39 is 11.8 Å². The van der Waals surface area contributed by atoms with Crippen molar-refractivity contribution < 1.29 is 58.2 Å². The maximum absolute atomic E-state index is 14.6. The van der Waals surface area contributed by atoms with Crippen LogP contribution in [0.15, 0.2) is 48.5 Å². The molecule has 2 saturated heterocycles. The van der Waals surface area contributed by atoms with E-state index in [9.17, 15) is 18.0 Å². The molecule has 1 aliphatic carbocycles. The van der Waals surface area contributed by atoms with Crippen molar-refractivity contribution in [3.63, 3.8) is 0 Å². The predicted octanol–water partition coefficient (Wildman–Crippen LogP) is -2.54. The normalized spacial score (nSPS) is 28.4.